The Morgan fingerprint density at radius 3 is 2.77 bits per heavy atom. The van der Waals surface area contributed by atoms with Gasteiger partial charge >= 0.3 is 0 Å². The summed E-state index contributed by atoms with van der Waals surface area (Å²) >= 11 is 0. The van der Waals surface area contributed by atoms with Gasteiger partial charge in [0.2, 0.25) is 0 Å². The predicted molar refractivity (Wildman–Crippen MR) is 52.6 cm³/mol. The van der Waals surface area contributed by atoms with Gasteiger partial charge in [0, 0.05) is 0 Å². The number of nitrogens with one attached hydrogen (secondary N) is 1. The van der Waals surface area contributed by atoms with Crippen molar-refractivity contribution in [3.05, 3.63) is 17.2 Å². The van der Waals surface area contributed by atoms with Crippen molar-refractivity contribution in [2.45, 2.75) is 38.5 Å². The molecule has 0 amide bonds. The lowest BCUT2D eigenvalue weighted by molar-refractivity contribution is 0.629. The molecule has 0 saturated heterocycles. The van der Waals surface area contributed by atoms with Gasteiger partial charge in [0.05, 0.1) is 0 Å². The van der Waals surface area contributed by atoms with Gasteiger partial charge in [-0.3, -0.25) is 5.41 Å². The Bertz CT molecular complexity index is 288. The highest BCUT2D eigenvalue weighted by atomic mass is 14.3. The molecule has 2 nitrogen and oxygen atoms in total. The Kier molecular flexibility index (Phi) is 4.02. The zero-order valence-electron chi connectivity index (χ0n) is 7.77. The maximum Gasteiger partial charge on any atom is 0.115 e. The third-order valence-electron chi connectivity index (χ3n) is 2.35. The average Bonchev–Trinajstić information content (AvgIpc) is 2.09. The Balaban J connectivity index is 2.76. The summed E-state index contributed by atoms with van der Waals surface area (Å²) in [6.07, 6.45) is 8.96. The van der Waals surface area contributed by atoms with Crippen molar-refractivity contribution in [2.75, 3.05) is 0 Å². The fourth-order valence-corrected chi connectivity index (χ4v) is 1.60. The maximum atomic E-state index is 8.73. The number of rotatable bonds is 1. The molecule has 0 bridgehead atoms. The first-order valence-corrected chi connectivity index (χ1v) is 4.77. The zero-order chi connectivity index (χ0) is 9.52. The van der Waals surface area contributed by atoms with Crippen molar-refractivity contribution >= 4 is 5.87 Å². The first kappa shape index (κ1) is 9.77. The summed E-state index contributed by atoms with van der Waals surface area (Å²) in [5, 5.41) is 15.7. The molecule has 0 aromatic carbocycles. The lowest BCUT2D eigenvalue weighted by Gasteiger charge is -2.08. The molecule has 0 radical (unpaired) electrons. The van der Waals surface area contributed by atoms with Gasteiger partial charge in [0.15, 0.2) is 0 Å². The van der Waals surface area contributed by atoms with Crippen LogP contribution in [-0.4, -0.2) is 5.87 Å². The van der Waals surface area contributed by atoms with E-state index in [0.29, 0.717) is 5.57 Å². The second-order valence-electron chi connectivity index (χ2n) is 3.29. The molecule has 0 aliphatic heterocycles. The van der Waals surface area contributed by atoms with Crippen LogP contribution < -0.4 is 0 Å². The molecule has 1 aliphatic rings. The minimum Gasteiger partial charge on any atom is -0.258 e. The third kappa shape index (κ3) is 2.89. The molecule has 0 fully saturated rings. The van der Waals surface area contributed by atoms with E-state index in [0.717, 1.165) is 24.8 Å². The Labute approximate surface area is 79.1 Å². The molecule has 0 aromatic rings. The second kappa shape index (κ2) is 5.35. The van der Waals surface area contributed by atoms with Gasteiger partial charge in [-0.05, 0) is 37.1 Å². The number of nitrogens with zero attached hydrogens (tertiary/aromatic N) is 1. The minimum atomic E-state index is 0.418. The normalized spacial score (nSPS) is 21.3. The van der Waals surface area contributed by atoms with Crippen LogP contribution in [0.25, 0.3) is 0 Å². The Hall–Kier alpha value is -1.32. The van der Waals surface area contributed by atoms with E-state index in [2.05, 4.69) is 11.9 Å². The minimum absolute atomic E-state index is 0.418. The topological polar surface area (TPSA) is 47.6 Å². The van der Waals surface area contributed by atoms with E-state index in [9.17, 15) is 0 Å². The third-order valence-corrected chi connectivity index (χ3v) is 2.35. The van der Waals surface area contributed by atoms with E-state index in [-0.39, 0.29) is 0 Å². The fourth-order valence-electron chi connectivity index (χ4n) is 1.60. The van der Waals surface area contributed by atoms with Gasteiger partial charge in [-0.15, -0.1) is 0 Å². The van der Waals surface area contributed by atoms with Gasteiger partial charge < -0.3 is 0 Å². The highest BCUT2D eigenvalue weighted by Crippen LogP contribution is 2.20. The summed E-state index contributed by atoms with van der Waals surface area (Å²) in [6.45, 7) is 0. The molecule has 13 heavy (non-hydrogen) atoms. The van der Waals surface area contributed by atoms with Gasteiger partial charge in [-0.25, -0.2) is 0 Å². The fraction of sp³-hybridized carbons (Fsp3) is 0.545. The molecule has 68 valence electrons. The maximum absolute atomic E-state index is 8.73. The van der Waals surface area contributed by atoms with Crippen LogP contribution in [0.1, 0.15) is 38.5 Å². The van der Waals surface area contributed by atoms with Crippen molar-refractivity contribution < 1.29 is 0 Å². The highest BCUT2D eigenvalue weighted by Gasteiger charge is 2.06. The van der Waals surface area contributed by atoms with E-state index in [1.54, 1.807) is 0 Å². The summed E-state index contributed by atoms with van der Waals surface area (Å²) < 4.78 is 0. The molecule has 0 spiro atoms. The van der Waals surface area contributed by atoms with Crippen LogP contribution in [0.5, 0.6) is 0 Å². The average molecular weight is 174 g/mol. The summed E-state index contributed by atoms with van der Waals surface area (Å²) in [6, 6.07) is 2.02. The van der Waals surface area contributed by atoms with E-state index in [4.69, 9.17) is 10.7 Å². The molecule has 1 N–H and O–H groups in total. The molecule has 1 aliphatic carbocycles. The van der Waals surface area contributed by atoms with Crippen LogP contribution in [0.2, 0.25) is 0 Å². The highest BCUT2D eigenvalue weighted by molar-refractivity contribution is 5.68. The van der Waals surface area contributed by atoms with Crippen LogP contribution in [0, 0.1) is 16.7 Å². The molecule has 0 unspecified atom stereocenters. The number of allylic oxidation sites excluding steroid dienone is 3. The van der Waals surface area contributed by atoms with E-state index < -0.39 is 0 Å². The van der Waals surface area contributed by atoms with Gasteiger partial charge in [0.25, 0.3) is 0 Å². The smallest absolute Gasteiger partial charge is 0.115 e. The SMILES string of the molecule is N#CC(=C=N)/C1=C/CCCCCC1. The molecule has 0 aromatic heterocycles. The Morgan fingerprint density at radius 2 is 2.08 bits per heavy atom. The lowest BCUT2D eigenvalue weighted by Crippen LogP contribution is -1.93. The van der Waals surface area contributed by atoms with Gasteiger partial charge in [-0.1, -0.05) is 18.9 Å². The second-order valence-corrected chi connectivity index (χ2v) is 3.29. The zero-order valence-corrected chi connectivity index (χ0v) is 7.77. The van der Waals surface area contributed by atoms with E-state index in [1.165, 1.54) is 19.3 Å². The van der Waals surface area contributed by atoms with Crippen molar-refractivity contribution in [3.8, 4) is 6.07 Å². The van der Waals surface area contributed by atoms with Crippen molar-refractivity contribution in [3.63, 3.8) is 0 Å². The van der Waals surface area contributed by atoms with Crippen LogP contribution >= 0.6 is 0 Å². The van der Waals surface area contributed by atoms with Crippen molar-refractivity contribution in [2.24, 2.45) is 0 Å². The van der Waals surface area contributed by atoms with Crippen LogP contribution in [0.4, 0.5) is 0 Å². The first-order valence-electron chi connectivity index (χ1n) is 4.77. The van der Waals surface area contributed by atoms with Gasteiger partial charge in [-0.2, -0.15) is 5.26 Å². The number of hydrogen-bond acceptors (Lipinski definition) is 2. The van der Waals surface area contributed by atoms with Crippen LogP contribution in [0.15, 0.2) is 17.2 Å². The van der Waals surface area contributed by atoms with E-state index in [1.807, 2.05) is 6.07 Å². The van der Waals surface area contributed by atoms with Crippen molar-refractivity contribution in [1.29, 1.82) is 10.7 Å². The number of hydrogen-bond donors (Lipinski definition) is 1. The molecular formula is C11H14N2. The van der Waals surface area contributed by atoms with Crippen LogP contribution in [0.3, 0.4) is 0 Å². The molecule has 1 rings (SSSR count). The lowest BCUT2D eigenvalue weighted by atomic mass is 9.96. The van der Waals surface area contributed by atoms with Crippen LogP contribution in [-0.2, 0) is 0 Å². The first-order chi connectivity index (χ1) is 6.38. The molecule has 0 heterocycles. The van der Waals surface area contributed by atoms with E-state index >= 15 is 0 Å². The largest absolute Gasteiger partial charge is 0.258 e. The molecule has 2 heteroatoms. The summed E-state index contributed by atoms with van der Waals surface area (Å²) in [5.41, 5.74) is 1.44. The summed E-state index contributed by atoms with van der Waals surface area (Å²) in [7, 11) is 0. The molecule has 0 atom stereocenters. The summed E-state index contributed by atoms with van der Waals surface area (Å²) in [4.78, 5) is 0. The Morgan fingerprint density at radius 1 is 1.31 bits per heavy atom. The predicted octanol–water partition coefficient (Wildman–Crippen LogP) is 2.97. The van der Waals surface area contributed by atoms with Crippen molar-refractivity contribution in [1.82, 2.24) is 0 Å². The molecule has 0 saturated carbocycles. The summed E-state index contributed by atoms with van der Waals surface area (Å²) in [5.74, 6) is 2.21. The molecular weight excluding hydrogens is 160 g/mol. The standard InChI is InChI=1S/C11H14N2/c12-8-11(9-13)10-6-4-2-1-3-5-7-10/h6,12H,1-5,7H2/b10-6+. The van der Waals surface area contributed by atoms with Gasteiger partial charge in [0.1, 0.15) is 11.6 Å². The number of nitriles is 1. The quantitative estimate of drug-likeness (QED) is 0.482. The monoisotopic (exact) mass is 174 g/mol.